The molecule has 0 aromatic rings. The largest absolute Gasteiger partial charge is 0.424 e. The quantitative estimate of drug-likeness (QED) is 0.237. The van der Waals surface area contributed by atoms with E-state index in [0.717, 1.165) is 0 Å². The predicted molar refractivity (Wildman–Crippen MR) is 111 cm³/mol. The molecule has 0 aromatic heterocycles. The van der Waals surface area contributed by atoms with Crippen LogP contribution in [-0.2, 0) is 66.3 Å². The normalized spacial score (nSPS) is 12.0. The van der Waals surface area contributed by atoms with Gasteiger partial charge in [0.1, 0.15) is 0 Å². The van der Waals surface area contributed by atoms with Crippen LogP contribution in [0.25, 0.3) is 0 Å². The van der Waals surface area contributed by atoms with Crippen molar-refractivity contribution < 1.29 is 77.3 Å². The third-order valence-electron chi connectivity index (χ3n) is 3.25. The summed E-state index contributed by atoms with van der Waals surface area (Å²) in [6, 6.07) is 0. The Morgan fingerprint density at radius 2 is 0.424 bits per heavy atom. The van der Waals surface area contributed by atoms with Crippen LogP contribution in [0.4, 0.5) is 0 Å². The van der Waals surface area contributed by atoms with Crippen LogP contribution in [0.5, 0.6) is 0 Å². The van der Waals surface area contributed by atoms with Crippen LogP contribution in [0.2, 0.25) is 0 Å². The van der Waals surface area contributed by atoms with Crippen molar-refractivity contribution in [2.24, 2.45) is 0 Å². The molecule has 0 fully saturated rings. The van der Waals surface area contributed by atoms with E-state index in [1.54, 1.807) is 14.2 Å². The fraction of sp³-hybridized carbons (Fsp3) is 1.00. The topological polar surface area (TPSA) is 192 Å². The van der Waals surface area contributed by atoms with Crippen molar-refractivity contribution in [1.82, 2.24) is 0 Å². The summed E-state index contributed by atoms with van der Waals surface area (Å²) >= 11 is 0. The van der Waals surface area contributed by atoms with Crippen molar-refractivity contribution in [3.8, 4) is 0 Å². The SMILES string of the molecule is C.COC.COC(OC)(OC)OC(OC)(OC)OC(OC)(OC)OC(OC)(OC)OC.O.O. The maximum Gasteiger partial charge on any atom is 0.424 e. The second-order valence-corrected chi connectivity index (χ2v) is 4.76. The van der Waals surface area contributed by atoms with E-state index in [4.69, 9.17) is 61.6 Å². The minimum Gasteiger partial charge on any atom is -0.412 e. The first kappa shape index (κ1) is 42.5. The summed E-state index contributed by atoms with van der Waals surface area (Å²) in [5.41, 5.74) is 0. The van der Waals surface area contributed by atoms with Crippen molar-refractivity contribution in [1.29, 1.82) is 0 Å². The lowest BCUT2D eigenvalue weighted by molar-refractivity contribution is -0.686. The van der Waals surface area contributed by atoms with E-state index in [-0.39, 0.29) is 18.4 Å². The van der Waals surface area contributed by atoms with Gasteiger partial charge in [-0.25, -0.2) is 14.2 Å². The molecule has 0 aliphatic carbocycles. The second kappa shape index (κ2) is 20.7. The molecule has 0 saturated heterocycles. The smallest absolute Gasteiger partial charge is 0.412 e. The van der Waals surface area contributed by atoms with Gasteiger partial charge in [-0.1, -0.05) is 7.43 Å². The third kappa shape index (κ3) is 12.1. The highest BCUT2D eigenvalue weighted by molar-refractivity contribution is 4.52. The Morgan fingerprint density at radius 1 is 0.303 bits per heavy atom. The molecule has 0 heterocycles. The first-order valence-electron chi connectivity index (χ1n) is 8.16. The standard InChI is InChI=1S/C14H30O13.C2H6O.CH4.2H2O/c1-15-11(16-2,17-3)25-13(21-7,22-8)27-14(23-9,24-10)26-12(18-4,19-5)20-6;1-3-2;;;/h1-10H3;1-2H3;1H4;2*1H2. The second-order valence-electron chi connectivity index (χ2n) is 4.76. The summed E-state index contributed by atoms with van der Waals surface area (Å²) in [5, 5.41) is 0. The zero-order chi connectivity index (χ0) is 23.9. The van der Waals surface area contributed by atoms with Gasteiger partial charge in [-0.15, -0.1) is 0 Å². The van der Waals surface area contributed by atoms with Crippen LogP contribution in [0.3, 0.4) is 0 Å². The molecule has 0 saturated carbocycles. The van der Waals surface area contributed by atoms with E-state index in [1.165, 1.54) is 71.1 Å². The fourth-order valence-electron chi connectivity index (χ4n) is 1.75. The summed E-state index contributed by atoms with van der Waals surface area (Å²) in [4.78, 5) is 0. The lowest BCUT2D eigenvalue weighted by Gasteiger charge is -2.42. The molecular weight excluding hydrogens is 460 g/mol. The molecule has 16 nitrogen and oxygen atoms in total. The van der Waals surface area contributed by atoms with Gasteiger partial charge in [0.25, 0.3) is 0 Å². The number of ether oxygens (including phenoxy) is 14. The van der Waals surface area contributed by atoms with Crippen LogP contribution in [0.1, 0.15) is 7.43 Å². The number of rotatable bonds is 16. The van der Waals surface area contributed by atoms with Gasteiger partial charge >= 0.3 is 24.6 Å². The van der Waals surface area contributed by atoms with Crippen LogP contribution in [0.15, 0.2) is 0 Å². The van der Waals surface area contributed by atoms with E-state index < -0.39 is 24.6 Å². The molecule has 0 aliphatic heterocycles. The van der Waals surface area contributed by atoms with Crippen molar-refractivity contribution >= 4 is 0 Å². The van der Waals surface area contributed by atoms with E-state index in [9.17, 15) is 0 Å². The summed E-state index contributed by atoms with van der Waals surface area (Å²) in [6.07, 6.45) is -8.95. The summed E-state index contributed by atoms with van der Waals surface area (Å²) in [7, 11) is 15.4. The van der Waals surface area contributed by atoms with Crippen LogP contribution >= 0.6 is 0 Å². The Morgan fingerprint density at radius 3 is 0.545 bits per heavy atom. The zero-order valence-electron chi connectivity index (χ0n) is 20.7. The Hall–Kier alpha value is -0.640. The first-order chi connectivity index (χ1) is 14.1. The van der Waals surface area contributed by atoms with E-state index in [2.05, 4.69) is 4.74 Å². The molecule has 0 rings (SSSR count). The molecule has 0 aromatic carbocycles. The molecule has 208 valence electrons. The highest BCUT2D eigenvalue weighted by Crippen LogP contribution is 2.34. The summed E-state index contributed by atoms with van der Waals surface area (Å²) < 4.78 is 71.5. The van der Waals surface area contributed by atoms with Crippen LogP contribution < -0.4 is 0 Å². The van der Waals surface area contributed by atoms with Crippen LogP contribution in [-0.4, -0.2) is 121 Å². The summed E-state index contributed by atoms with van der Waals surface area (Å²) in [6.45, 7) is 0. The molecule has 16 heteroatoms. The van der Waals surface area contributed by atoms with E-state index in [1.807, 2.05) is 0 Å². The highest BCUT2D eigenvalue weighted by atomic mass is 17.2. The van der Waals surface area contributed by atoms with Gasteiger partial charge in [-0.2, -0.15) is 0 Å². The average Bonchev–Trinajstić information content (AvgIpc) is 2.80. The Balaban J connectivity index is -0.000000411. The molecule has 0 atom stereocenters. The van der Waals surface area contributed by atoms with Gasteiger partial charge < -0.3 is 63.1 Å². The monoisotopic (exact) mass is 504 g/mol. The zero-order valence-corrected chi connectivity index (χ0v) is 20.7. The third-order valence-corrected chi connectivity index (χ3v) is 3.25. The Labute approximate surface area is 195 Å². The van der Waals surface area contributed by atoms with Gasteiger partial charge in [0.15, 0.2) is 0 Å². The Kier molecular flexibility index (Phi) is 26.7. The molecule has 0 aliphatic rings. The van der Waals surface area contributed by atoms with Gasteiger partial charge in [0.05, 0.1) is 0 Å². The van der Waals surface area contributed by atoms with Crippen molar-refractivity contribution in [3.05, 3.63) is 0 Å². The lowest BCUT2D eigenvalue weighted by atomic mass is 10.8. The number of hydrogen-bond donors (Lipinski definition) is 0. The minimum absolute atomic E-state index is 0. The van der Waals surface area contributed by atoms with Gasteiger partial charge in [0, 0.05) is 85.3 Å². The molecule has 0 unspecified atom stereocenters. The summed E-state index contributed by atoms with van der Waals surface area (Å²) in [5.74, 6) is 0. The number of hydrogen-bond acceptors (Lipinski definition) is 14. The van der Waals surface area contributed by atoms with Crippen molar-refractivity contribution in [2.45, 2.75) is 32.1 Å². The number of methoxy groups -OCH3 is 11. The molecule has 0 bridgehead atoms. The maximum absolute atomic E-state index is 5.53. The lowest BCUT2D eigenvalue weighted by Crippen LogP contribution is -2.60. The predicted octanol–water partition coefficient (Wildman–Crippen LogP) is -0.805. The molecule has 33 heavy (non-hydrogen) atoms. The molecule has 0 spiro atoms. The van der Waals surface area contributed by atoms with Crippen molar-refractivity contribution in [2.75, 3.05) is 85.3 Å². The van der Waals surface area contributed by atoms with E-state index in [0.29, 0.717) is 0 Å². The van der Waals surface area contributed by atoms with E-state index >= 15 is 0 Å². The average molecular weight is 505 g/mol. The molecule has 0 radical (unpaired) electrons. The fourth-order valence-corrected chi connectivity index (χ4v) is 1.75. The minimum atomic E-state index is -2.39. The molecular formula is C17H44O16. The molecule has 0 amide bonds. The highest BCUT2D eigenvalue weighted by Gasteiger charge is 2.57. The first-order valence-corrected chi connectivity index (χ1v) is 8.16. The van der Waals surface area contributed by atoms with Crippen LogP contribution in [0, 0.1) is 0 Å². The Bertz CT molecular complexity index is 355. The maximum atomic E-state index is 5.53. The van der Waals surface area contributed by atoms with Crippen molar-refractivity contribution in [3.63, 3.8) is 0 Å². The molecule has 4 N–H and O–H groups in total. The van der Waals surface area contributed by atoms with Gasteiger partial charge in [0.2, 0.25) is 0 Å². The van der Waals surface area contributed by atoms with Gasteiger partial charge in [-0.05, 0) is 0 Å². The van der Waals surface area contributed by atoms with Gasteiger partial charge in [-0.3, -0.25) is 0 Å².